The van der Waals surface area contributed by atoms with Crippen LogP contribution in [0.3, 0.4) is 0 Å². The minimum Gasteiger partial charge on any atom is -0.516 e. The third-order valence-corrected chi connectivity index (χ3v) is 10.2. The van der Waals surface area contributed by atoms with Gasteiger partial charge in [-0.3, -0.25) is 0 Å². The van der Waals surface area contributed by atoms with Crippen LogP contribution in [-0.4, -0.2) is 14.3 Å². The molecule has 122 valence electrons. The van der Waals surface area contributed by atoms with Crippen molar-refractivity contribution in [2.75, 3.05) is 0 Å². The lowest BCUT2D eigenvalue weighted by Crippen LogP contribution is -2.48. The van der Waals surface area contributed by atoms with Gasteiger partial charge in [-0.05, 0) is 49.2 Å². The second-order valence-corrected chi connectivity index (χ2v) is 11.7. The molecule has 1 aliphatic rings. The van der Waals surface area contributed by atoms with Crippen molar-refractivity contribution in [3.8, 4) is 0 Å². The first-order chi connectivity index (χ1) is 9.77. The lowest BCUT2D eigenvalue weighted by Gasteiger charge is -2.42. The SMILES string of the molecule is C=C(C)C(=O)O[Si](CC(C)C)(CC(C)C)C1CCCCC1. The van der Waals surface area contributed by atoms with E-state index in [9.17, 15) is 4.79 Å². The average Bonchev–Trinajstić information content (AvgIpc) is 2.37. The first kappa shape index (κ1) is 18.5. The highest BCUT2D eigenvalue weighted by Gasteiger charge is 2.47. The monoisotopic (exact) mass is 310 g/mol. The van der Waals surface area contributed by atoms with E-state index in [-0.39, 0.29) is 5.97 Å². The molecule has 1 rings (SSSR count). The molecule has 0 heterocycles. The molecule has 0 aromatic carbocycles. The molecule has 0 aromatic rings. The van der Waals surface area contributed by atoms with Crippen molar-refractivity contribution in [3.63, 3.8) is 0 Å². The van der Waals surface area contributed by atoms with Crippen molar-refractivity contribution in [1.29, 1.82) is 0 Å². The molecule has 1 fully saturated rings. The zero-order valence-corrected chi connectivity index (χ0v) is 15.7. The Bertz CT molecular complexity index is 344. The van der Waals surface area contributed by atoms with Gasteiger partial charge in [0.25, 0.3) is 8.32 Å². The zero-order chi connectivity index (χ0) is 16.0. The quantitative estimate of drug-likeness (QED) is 0.445. The molecular formula is C18H34O2Si. The lowest BCUT2D eigenvalue weighted by molar-refractivity contribution is -0.131. The van der Waals surface area contributed by atoms with E-state index in [1.807, 2.05) is 0 Å². The van der Waals surface area contributed by atoms with Gasteiger partial charge in [0, 0.05) is 5.57 Å². The summed E-state index contributed by atoms with van der Waals surface area (Å²) in [6.45, 7) is 14.6. The normalized spacial score (nSPS) is 17.3. The Morgan fingerprint density at radius 1 is 1.10 bits per heavy atom. The van der Waals surface area contributed by atoms with Crippen LogP contribution < -0.4 is 0 Å². The molecule has 3 heteroatoms. The maximum Gasteiger partial charge on any atom is 0.319 e. The molecular weight excluding hydrogens is 276 g/mol. The largest absolute Gasteiger partial charge is 0.516 e. The van der Waals surface area contributed by atoms with Crippen LogP contribution >= 0.6 is 0 Å². The molecule has 1 aliphatic carbocycles. The van der Waals surface area contributed by atoms with Gasteiger partial charge >= 0.3 is 5.97 Å². The first-order valence-corrected chi connectivity index (χ1v) is 11.1. The van der Waals surface area contributed by atoms with Crippen molar-refractivity contribution >= 4 is 14.3 Å². The third-order valence-electron chi connectivity index (χ3n) is 4.50. The summed E-state index contributed by atoms with van der Waals surface area (Å²) in [5, 5.41) is 0. The summed E-state index contributed by atoms with van der Waals surface area (Å²) in [7, 11) is -2.06. The summed E-state index contributed by atoms with van der Waals surface area (Å²) in [6, 6.07) is 2.21. The molecule has 0 atom stereocenters. The molecule has 2 nitrogen and oxygen atoms in total. The molecule has 0 radical (unpaired) electrons. The van der Waals surface area contributed by atoms with Crippen LogP contribution in [0.1, 0.15) is 66.7 Å². The molecule has 0 amide bonds. The number of carbonyl (C=O) groups excluding carboxylic acids is 1. The molecule has 21 heavy (non-hydrogen) atoms. The van der Waals surface area contributed by atoms with Crippen LogP contribution in [0.15, 0.2) is 12.2 Å². The highest BCUT2D eigenvalue weighted by atomic mass is 28.4. The fourth-order valence-corrected chi connectivity index (χ4v) is 9.80. The van der Waals surface area contributed by atoms with Crippen molar-refractivity contribution < 1.29 is 9.22 Å². The molecule has 0 aromatic heterocycles. The lowest BCUT2D eigenvalue weighted by atomic mass is 10.0. The molecule has 1 saturated carbocycles. The van der Waals surface area contributed by atoms with E-state index < -0.39 is 8.32 Å². The van der Waals surface area contributed by atoms with Gasteiger partial charge in [0.05, 0.1) is 0 Å². The summed E-state index contributed by atoms with van der Waals surface area (Å²) in [6.07, 6.45) is 6.48. The first-order valence-electron chi connectivity index (χ1n) is 8.65. The second kappa shape index (κ2) is 8.16. The van der Waals surface area contributed by atoms with E-state index in [0.29, 0.717) is 23.0 Å². The van der Waals surface area contributed by atoms with Gasteiger partial charge in [0.2, 0.25) is 0 Å². The van der Waals surface area contributed by atoms with Crippen LogP contribution in [0.2, 0.25) is 17.6 Å². The van der Waals surface area contributed by atoms with Gasteiger partial charge in [-0.2, -0.15) is 0 Å². The third kappa shape index (κ3) is 5.61. The number of carbonyl (C=O) groups is 1. The second-order valence-electron chi connectivity index (χ2n) is 7.77. The predicted octanol–water partition coefficient (Wildman–Crippen LogP) is 5.70. The van der Waals surface area contributed by atoms with E-state index in [1.54, 1.807) is 6.92 Å². The van der Waals surface area contributed by atoms with E-state index in [1.165, 1.54) is 32.1 Å². The average molecular weight is 311 g/mol. The smallest absolute Gasteiger partial charge is 0.319 e. The van der Waals surface area contributed by atoms with Crippen molar-refractivity contribution in [2.24, 2.45) is 11.8 Å². The Balaban J connectivity index is 3.05. The maximum atomic E-state index is 12.3. The Morgan fingerprint density at radius 2 is 1.57 bits per heavy atom. The maximum absolute atomic E-state index is 12.3. The van der Waals surface area contributed by atoms with E-state index >= 15 is 0 Å². The predicted molar refractivity (Wildman–Crippen MR) is 92.8 cm³/mol. The Kier molecular flexibility index (Phi) is 7.18. The van der Waals surface area contributed by atoms with E-state index in [2.05, 4.69) is 34.3 Å². The van der Waals surface area contributed by atoms with Gasteiger partial charge in [-0.1, -0.05) is 53.5 Å². The minimum atomic E-state index is -2.06. The standard InChI is InChI=1S/C18H34O2Si/c1-14(2)12-21(13-15(3)4,20-18(19)16(5)6)17-10-8-7-9-11-17/h14-15,17H,5,7-13H2,1-4,6H3. The number of rotatable bonds is 7. The van der Waals surface area contributed by atoms with E-state index in [4.69, 9.17) is 4.43 Å². The highest BCUT2D eigenvalue weighted by molar-refractivity contribution is 6.76. The fourth-order valence-electron chi connectivity index (χ4n) is 3.87. The summed E-state index contributed by atoms with van der Waals surface area (Å²) < 4.78 is 6.26. The Morgan fingerprint density at radius 3 is 1.95 bits per heavy atom. The van der Waals surface area contributed by atoms with Gasteiger partial charge < -0.3 is 4.43 Å². The van der Waals surface area contributed by atoms with Crippen LogP contribution in [0.5, 0.6) is 0 Å². The van der Waals surface area contributed by atoms with Crippen LogP contribution in [0, 0.1) is 11.8 Å². The molecule has 0 bridgehead atoms. The fraction of sp³-hybridized carbons (Fsp3) is 0.833. The topological polar surface area (TPSA) is 26.3 Å². The van der Waals surface area contributed by atoms with Gasteiger partial charge in [-0.25, -0.2) is 4.79 Å². The molecule has 0 saturated heterocycles. The summed E-state index contributed by atoms with van der Waals surface area (Å²) in [5.74, 6) is 1.04. The molecule has 0 unspecified atom stereocenters. The van der Waals surface area contributed by atoms with Crippen molar-refractivity contribution in [1.82, 2.24) is 0 Å². The van der Waals surface area contributed by atoms with Crippen LogP contribution in [-0.2, 0) is 9.22 Å². The van der Waals surface area contributed by atoms with E-state index in [0.717, 1.165) is 12.1 Å². The number of hydrogen-bond donors (Lipinski definition) is 0. The summed E-state index contributed by atoms with van der Waals surface area (Å²) in [5.41, 5.74) is 1.20. The summed E-state index contributed by atoms with van der Waals surface area (Å²) >= 11 is 0. The summed E-state index contributed by atoms with van der Waals surface area (Å²) in [4.78, 5) is 12.3. The number of hydrogen-bond acceptors (Lipinski definition) is 2. The molecule has 0 spiro atoms. The zero-order valence-electron chi connectivity index (χ0n) is 14.7. The molecule has 0 aliphatic heterocycles. The Hall–Kier alpha value is -0.573. The highest BCUT2D eigenvalue weighted by Crippen LogP contribution is 2.45. The molecule has 0 N–H and O–H groups in total. The minimum absolute atomic E-state index is 0.145. The van der Waals surface area contributed by atoms with Crippen LogP contribution in [0.25, 0.3) is 0 Å². The Labute approximate surface area is 132 Å². The van der Waals surface area contributed by atoms with Crippen molar-refractivity contribution in [2.45, 2.75) is 84.4 Å². The van der Waals surface area contributed by atoms with Gasteiger partial charge in [0.15, 0.2) is 0 Å². The van der Waals surface area contributed by atoms with Crippen LogP contribution in [0.4, 0.5) is 0 Å². The van der Waals surface area contributed by atoms with Gasteiger partial charge in [-0.15, -0.1) is 0 Å². The van der Waals surface area contributed by atoms with Crippen molar-refractivity contribution in [3.05, 3.63) is 12.2 Å². The van der Waals surface area contributed by atoms with Gasteiger partial charge in [0.1, 0.15) is 0 Å².